The van der Waals surface area contributed by atoms with Crippen molar-refractivity contribution >= 4 is 32.6 Å². The van der Waals surface area contributed by atoms with Crippen molar-refractivity contribution in [1.29, 1.82) is 0 Å². The summed E-state index contributed by atoms with van der Waals surface area (Å²) >= 11 is 0. The Kier molecular flexibility index (Phi) is 10.5. The molecule has 3 rings (SSSR count). The summed E-state index contributed by atoms with van der Waals surface area (Å²) in [7, 11) is -4.10. The molecule has 3 aliphatic carbocycles. The quantitative estimate of drug-likeness (QED) is 0.299. The van der Waals surface area contributed by atoms with Crippen LogP contribution in [-0.4, -0.2) is 47.0 Å². The number of rotatable bonds is 10. The average molecular weight is 503 g/mol. The zero-order valence-electron chi connectivity index (χ0n) is 21.5. The lowest BCUT2D eigenvalue weighted by molar-refractivity contribution is -0.128. The molecule has 3 unspecified atom stereocenters. The van der Waals surface area contributed by atoms with E-state index in [0.29, 0.717) is 35.4 Å². The molecular formula is C26H46O5S2. The van der Waals surface area contributed by atoms with Crippen molar-refractivity contribution in [1.82, 2.24) is 0 Å². The fourth-order valence-corrected chi connectivity index (χ4v) is 9.95. The number of unbranched alkanes of at least 4 members (excludes halogenated alkanes) is 2. The van der Waals surface area contributed by atoms with Crippen LogP contribution in [0.25, 0.3) is 0 Å². The Balaban J connectivity index is 0.000000237. The molecule has 0 spiro atoms. The van der Waals surface area contributed by atoms with Gasteiger partial charge in [-0.25, -0.2) is 8.42 Å². The van der Waals surface area contributed by atoms with Crippen LogP contribution in [-0.2, 0) is 30.6 Å². The summed E-state index contributed by atoms with van der Waals surface area (Å²) in [5.41, 5.74) is -0.994. The fourth-order valence-electron chi connectivity index (χ4n) is 6.02. The van der Waals surface area contributed by atoms with E-state index in [1.807, 2.05) is 13.8 Å². The highest BCUT2D eigenvalue weighted by molar-refractivity contribution is 7.97. The van der Waals surface area contributed by atoms with Gasteiger partial charge < -0.3 is 4.55 Å². The molecule has 0 saturated heterocycles. The molecule has 3 fully saturated rings. The van der Waals surface area contributed by atoms with Crippen molar-refractivity contribution in [2.45, 2.75) is 110 Å². The third-order valence-electron chi connectivity index (χ3n) is 8.76. The van der Waals surface area contributed by atoms with E-state index >= 15 is 0 Å². The number of ketones is 2. The van der Waals surface area contributed by atoms with Crippen molar-refractivity contribution < 1.29 is 22.6 Å². The van der Waals surface area contributed by atoms with Gasteiger partial charge in [-0.3, -0.25) is 9.59 Å². The van der Waals surface area contributed by atoms with E-state index in [1.165, 1.54) is 69.3 Å². The van der Waals surface area contributed by atoms with E-state index in [9.17, 15) is 22.6 Å². The van der Waals surface area contributed by atoms with Crippen LogP contribution < -0.4 is 0 Å². The van der Waals surface area contributed by atoms with Gasteiger partial charge in [0.1, 0.15) is 26.9 Å². The standard InChI is InChI=1S/C16H31OS.C10H16O4S/c1-3-5-12-18(13-6-4-2)14-16(17)15-10-8-7-9-11-15;1-9(2)6-4-5-10(9,3)8(11)7(6)15(12,13)14/h15H,3-14H2,1-2H3;6-7H,4-5H2,1-3H3,(H,12,13,14)/q+1;/p-1. The molecule has 5 nitrogen and oxygen atoms in total. The van der Waals surface area contributed by atoms with Crippen molar-refractivity contribution in [2.24, 2.45) is 22.7 Å². The van der Waals surface area contributed by atoms with Gasteiger partial charge in [-0.15, -0.1) is 0 Å². The predicted octanol–water partition coefficient (Wildman–Crippen LogP) is 5.28. The first-order valence-corrected chi connectivity index (χ1v) is 16.3. The Bertz CT molecular complexity index is 762. The molecule has 3 aliphatic rings. The van der Waals surface area contributed by atoms with Crippen LogP contribution >= 0.6 is 0 Å². The van der Waals surface area contributed by atoms with E-state index in [2.05, 4.69) is 13.8 Å². The maximum atomic E-state index is 12.3. The highest BCUT2D eigenvalue weighted by atomic mass is 32.2. The second-order valence-electron chi connectivity index (χ2n) is 11.1. The molecule has 0 N–H and O–H groups in total. The van der Waals surface area contributed by atoms with E-state index in [1.54, 1.807) is 6.92 Å². The predicted molar refractivity (Wildman–Crippen MR) is 136 cm³/mol. The summed E-state index contributed by atoms with van der Waals surface area (Å²) < 4.78 is 33.3. The molecule has 33 heavy (non-hydrogen) atoms. The maximum Gasteiger partial charge on any atom is 0.184 e. The monoisotopic (exact) mass is 502 g/mol. The number of fused-ring (bicyclic) bond motifs is 2. The van der Waals surface area contributed by atoms with Gasteiger partial charge in [0, 0.05) is 11.3 Å². The van der Waals surface area contributed by atoms with E-state index in [0.717, 1.165) is 5.75 Å². The van der Waals surface area contributed by atoms with Gasteiger partial charge in [0.25, 0.3) is 0 Å². The minimum absolute atomic E-state index is 0.294. The normalized spacial score (nSPS) is 29.2. The lowest BCUT2D eigenvalue weighted by Crippen LogP contribution is -2.38. The molecule has 2 bridgehead atoms. The molecule has 0 aromatic heterocycles. The van der Waals surface area contributed by atoms with Crippen LogP contribution in [0.1, 0.15) is 105 Å². The Hall–Kier alpha value is -0.400. The van der Waals surface area contributed by atoms with Gasteiger partial charge in [-0.05, 0) is 60.8 Å². The van der Waals surface area contributed by atoms with Gasteiger partial charge >= 0.3 is 0 Å². The largest absolute Gasteiger partial charge is 0.747 e. The summed E-state index contributed by atoms with van der Waals surface area (Å²) in [5.74, 6) is 3.88. The lowest BCUT2D eigenvalue weighted by atomic mass is 9.70. The minimum atomic E-state index is -4.49. The maximum absolute atomic E-state index is 12.3. The molecule has 0 heterocycles. The second-order valence-corrected chi connectivity index (χ2v) is 15.0. The zero-order chi connectivity index (χ0) is 24.9. The zero-order valence-corrected chi connectivity index (χ0v) is 23.1. The average Bonchev–Trinajstić information content (AvgIpc) is 3.08. The summed E-state index contributed by atoms with van der Waals surface area (Å²) in [5, 5.41) is -1.30. The summed E-state index contributed by atoms with van der Waals surface area (Å²) in [4.78, 5) is 24.3. The van der Waals surface area contributed by atoms with E-state index in [-0.39, 0.29) is 17.1 Å². The Morgan fingerprint density at radius 2 is 1.55 bits per heavy atom. The van der Waals surface area contributed by atoms with Crippen molar-refractivity contribution in [2.75, 3.05) is 17.3 Å². The van der Waals surface area contributed by atoms with Crippen LogP contribution in [0, 0.1) is 22.7 Å². The first-order valence-electron chi connectivity index (χ1n) is 13.1. The summed E-state index contributed by atoms with van der Waals surface area (Å²) in [6.45, 7) is 10.1. The molecule has 3 atom stereocenters. The van der Waals surface area contributed by atoms with Crippen LogP contribution in [0.5, 0.6) is 0 Å². The van der Waals surface area contributed by atoms with Crippen LogP contribution in [0.3, 0.4) is 0 Å². The number of carbonyl (C=O) groups is 2. The van der Waals surface area contributed by atoms with Gasteiger partial charge in [-0.2, -0.15) is 0 Å². The van der Waals surface area contributed by atoms with Crippen LogP contribution in [0.15, 0.2) is 0 Å². The highest BCUT2D eigenvalue weighted by Gasteiger charge is 2.67. The van der Waals surface area contributed by atoms with Gasteiger partial charge in [0.15, 0.2) is 17.3 Å². The highest BCUT2D eigenvalue weighted by Crippen LogP contribution is 2.64. The molecule has 3 saturated carbocycles. The van der Waals surface area contributed by atoms with Gasteiger partial charge in [0.2, 0.25) is 0 Å². The van der Waals surface area contributed by atoms with Crippen LogP contribution in [0.4, 0.5) is 0 Å². The Morgan fingerprint density at radius 3 is 1.94 bits per heavy atom. The summed E-state index contributed by atoms with van der Waals surface area (Å²) in [6, 6.07) is 0. The van der Waals surface area contributed by atoms with E-state index in [4.69, 9.17) is 0 Å². The third-order valence-corrected chi connectivity index (χ3v) is 12.4. The van der Waals surface area contributed by atoms with Crippen molar-refractivity contribution in [3.63, 3.8) is 0 Å². The Labute approximate surface area is 205 Å². The molecule has 0 aliphatic heterocycles. The number of hydrogen-bond acceptors (Lipinski definition) is 5. The molecule has 0 radical (unpaired) electrons. The van der Waals surface area contributed by atoms with Crippen LogP contribution in [0.2, 0.25) is 0 Å². The Morgan fingerprint density at radius 1 is 1.00 bits per heavy atom. The first-order chi connectivity index (χ1) is 15.4. The van der Waals surface area contributed by atoms with Gasteiger partial charge in [-0.1, -0.05) is 66.7 Å². The third kappa shape index (κ3) is 6.63. The minimum Gasteiger partial charge on any atom is -0.747 e. The lowest BCUT2D eigenvalue weighted by Gasteiger charge is -2.32. The van der Waals surface area contributed by atoms with Gasteiger partial charge in [0.05, 0.1) is 0 Å². The second kappa shape index (κ2) is 12.0. The smallest absolute Gasteiger partial charge is 0.184 e. The molecule has 192 valence electrons. The summed E-state index contributed by atoms with van der Waals surface area (Å²) in [6.07, 6.45) is 12.8. The number of Topliss-reactive ketones (excluding diaryl/α,β-unsaturated/α-hetero) is 2. The first kappa shape index (κ1) is 28.8. The number of hydrogen-bond donors (Lipinski definition) is 0. The van der Waals surface area contributed by atoms with Crippen molar-refractivity contribution in [3.05, 3.63) is 0 Å². The molecule has 0 amide bonds. The van der Waals surface area contributed by atoms with E-state index < -0.39 is 20.8 Å². The molecule has 0 aromatic rings. The molecule has 0 aromatic carbocycles. The SMILES string of the molecule is CC12CCC(C(S(=O)(=O)[O-])C1=O)C2(C)C.CCCC[S+](CCCC)CC(=O)C1CCCCC1. The molecule has 7 heteroatoms. The van der Waals surface area contributed by atoms with Crippen molar-refractivity contribution in [3.8, 4) is 0 Å². The number of carbonyl (C=O) groups excluding carboxylic acids is 2. The fraction of sp³-hybridized carbons (Fsp3) is 0.923. The molecular weight excluding hydrogens is 456 g/mol. The topological polar surface area (TPSA) is 91.3 Å².